The van der Waals surface area contributed by atoms with Gasteiger partial charge in [0.05, 0.1) is 11.6 Å². The molecule has 1 heterocycles. The second-order valence-corrected chi connectivity index (χ2v) is 6.62. The standard InChI is InChI=1S/C21H21FN2O2/c1-13-10-14(2)21-18(11-13)24(9-8-19(21)25)12-20(26)23-15(3)16-4-6-17(22)7-5-16/h4-11,15H,12H2,1-3H3,(H,23,26)/t15-/m1/s1. The summed E-state index contributed by atoms with van der Waals surface area (Å²) >= 11 is 0. The van der Waals surface area contributed by atoms with Gasteiger partial charge in [-0.05, 0) is 55.7 Å². The van der Waals surface area contributed by atoms with E-state index in [9.17, 15) is 14.0 Å². The lowest BCUT2D eigenvalue weighted by atomic mass is 10.1. The van der Waals surface area contributed by atoms with E-state index in [0.29, 0.717) is 5.39 Å². The lowest BCUT2D eigenvalue weighted by molar-refractivity contribution is -0.122. The lowest BCUT2D eigenvalue weighted by Gasteiger charge is -2.17. The van der Waals surface area contributed by atoms with E-state index in [1.807, 2.05) is 32.9 Å². The quantitative estimate of drug-likeness (QED) is 0.779. The number of hydrogen-bond donors (Lipinski definition) is 1. The van der Waals surface area contributed by atoms with Gasteiger partial charge in [-0.25, -0.2) is 4.39 Å². The molecule has 0 aliphatic heterocycles. The Hall–Kier alpha value is -2.95. The zero-order chi connectivity index (χ0) is 18.8. The number of amides is 1. The summed E-state index contributed by atoms with van der Waals surface area (Å²) in [5.41, 5.74) is 3.47. The van der Waals surface area contributed by atoms with Crippen LogP contribution >= 0.6 is 0 Å². The van der Waals surface area contributed by atoms with Crippen LogP contribution in [0.25, 0.3) is 10.9 Å². The van der Waals surface area contributed by atoms with E-state index in [2.05, 4.69) is 5.32 Å². The summed E-state index contributed by atoms with van der Waals surface area (Å²) in [6, 6.07) is 11.2. The number of nitrogens with zero attached hydrogens (tertiary/aromatic N) is 1. The number of carbonyl (C=O) groups is 1. The number of aryl methyl sites for hydroxylation is 2. The summed E-state index contributed by atoms with van der Waals surface area (Å²) in [6.45, 7) is 5.82. The van der Waals surface area contributed by atoms with Crippen molar-refractivity contribution in [3.63, 3.8) is 0 Å². The number of nitrogens with one attached hydrogen (secondary N) is 1. The Morgan fingerprint density at radius 1 is 1.15 bits per heavy atom. The summed E-state index contributed by atoms with van der Waals surface area (Å²) in [5, 5.41) is 3.55. The minimum absolute atomic E-state index is 0.0474. The minimum atomic E-state index is -0.308. The number of pyridine rings is 1. The van der Waals surface area contributed by atoms with Gasteiger partial charge in [0.1, 0.15) is 12.4 Å². The van der Waals surface area contributed by atoms with Gasteiger partial charge in [0.2, 0.25) is 5.91 Å². The van der Waals surface area contributed by atoms with Gasteiger partial charge < -0.3 is 9.88 Å². The first kappa shape index (κ1) is 17.9. The van der Waals surface area contributed by atoms with Gasteiger partial charge in [-0.1, -0.05) is 18.2 Å². The van der Waals surface area contributed by atoms with Crippen LogP contribution < -0.4 is 10.7 Å². The van der Waals surface area contributed by atoms with Crippen molar-refractivity contribution in [2.45, 2.75) is 33.4 Å². The number of hydrogen-bond acceptors (Lipinski definition) is 2. The summed E-state index contributed by atoms with van der Waals surface area (Å²) in [6.07, 6.45) is 1.64. The van der Waals surface area contributed by atoms with Crippen molar-refractivity contribution in [1.29, 1.82) is 0 Å². The van der Waals surface area contributed by atoms with Gasteiger partial charge >= 0.3 is 0 Å². The molecule has 5 heteroatoms. The average Bonchev–Trinajstić information content (AvgIpc) is 2.57. The van der Waals surface area contributed by atoms with Crippen LogP contribution in [0.5, 0.6) is 0 Å². The van der Waals surface area contributed by atoms with Crippen LogP contribution in [0.15, 0.2) is 53.5 Å². The fraction of sp³-hybridized carbons (Fsp3) is 0.238. The van der Waals surface area contributed by atoms with E-state index < -0.39 is 0 Å². The molecular weight excluding hydrogens is 331 g/mol. The van der Waals surface area contributed by atoms with Gasteiger partial charge in [0, 0.05) is 17.6 Å². The molecule has 1 amide bonds. The fourth-order valence-corrected chi connectivity index (χ4v) is 3.23. The summed E-state index contributed by atoms with van der Waals surface area (Å²) in [5.74, 6) is -0.483. The number of fused-ring (bicyclic) bond motifs is 1. The maximum atomic E-state index is 13.0. The maximum absolute atomic E-state index is 13.0. The highest BCUT2D eigenvalue weighted by Crippen LogP contribution is 2.18. The maximum Gasteiger partial charge on any atom is 0.240 e. The fourth-order valence-electron chi connectivity index (χ4n) is 3.23. The zero-order valence-electron chi connectivity index (χ0n) is 15.0. The van der Waals surface area contributed by atoms with Crippen molar-refractivity contribution in [3.8, 4) is 0 Å². The first-order chi connectivity index (χ1) is 12.3. The van der Waals surface area contributed by atoms with Crippen molar-refractivity contribution in [2.24, 2.45) is 0 Å². The Kier molecular flexibility index (Phi) is 4.89. The predicted octanol–water partition coefficient (Wildman–Crippen LogP) is 3.63. The molecular formula is C21H21FN2O2. The lowest BCUT2D eigenvalue weighted by Crippen LogP contribution is -2.30. The molecule has 134 valence electrons. The van der Waals surface area contributed by atoms with E-state index in [-0.39, 0.29) is 29.7 Å². The predicted molar refractivity (Wildman–Crippen MR) is 101 cm³/mol. The third kappa shape index (κ3) is 3.67. The smallest absolute Gasteiger partial charge is 0.240 e. The Bertz CT molecular complexity index is 1020. The first-order valence-electron chi connectivity index (χ1n) is 8.50. The highest BCUT2D eigenvalue weighted by Gasteiger charge is 2.12. The molecule has 0 saturated carbocycles. The van der Waals surface area contributed by atoms with Gasteiger partial charge in [-0.15, -0.1) is 0 Å². The Morgan fingerprint density at radius 3 is 2.54 bits per heavy atom. The van der Waals surface area contributed by atoms with Crippen molar-refractivity contribution < 1.29 is 9.18 Å². The summed E-state index contributed by atoms with van der Waals surface area (Å²) in [4.78, 5) is 24.7. The molecule has 26 heavy (non-hydrogen) atoms. The Labute approximate surface area is 151 Å². The Morgan fingerprint density at radius 2 is 1.85 bits per heavy atom. The number of carbonyl (C=O) groups excluding carboxylic acids is 1. The third-order valence-corrected chi connectivity index (χ3v) is 4.48. The molecule has 0 aliphatic rings. The van der Waals surface area contributed by atoms with Crippen molar-refractivity contribution in [1.82, 2.24) is 9.88 Å². The Balaban J connectivity index is 1.84. The number of rotatable bonds is 4. The summed E-state index contributed by atoms with van der Waals surface area (Å²) in [7, 11) is 0. The van der Waals surface area contributed by atoms with E-state index in [4.69, 9.17) is 0 Å². The number of halogens is 1. The highest BCUT2D eigenvalue weighted by atomic mass is 19.1. The minimum Gasteiger partial charge on any atom is -0.348 e. The van der Waals surface area contributed by atoms with Gasteiger partial charge in [-0.2, -0.15) is 0 Å². The van der Waals surface area contributed by atoms with Crippen LogP contribution in [0.3, 0.4) is 0 Å². The van der Waals surface area contributed by atoms with Crippen LogP contribution in [-0.2, 0) is 11.3 Å². The number of aromatic nitrogens is 1. The molecule has 0 radical (unpaired) electrons. The topological polar surface area (TPSA) is 51.1 Å². The van der Waals surface area contributed by atoms with Crippen LogP contribution in [0.1, 0.15) is 29.7 Å². The SMILES string of the molecule is Cc1cc(C)c2c(=O)ccn(CC(=O)N[C@H](C)c3ccc(F)cc3)c2c1. The molecule has 1 aromatic heterocycles. The number of benzene rings is 2. The molecule has 3 rings (SSSR count). The van der Waals surface area contributed by atoms with E-state index in [0.717, 1.165) is 22.2 Å². The molecule has 0 saturated heterocycles. The van der Waals surface area contributed by atoms with Gasteiger partial charge in [-0.3, -0.25) is 9.59 Å². The monoisotopic (exact) mass is 352 g/mol. The van der Waals surface area contributed by atoms with E-state index in [1.54, 1.807) is 22.9 Å². The van der Waals surface area contributed by atoms with Crippen molar-refractivity contribution in [2.75, 3.05) is 0 Å². The molecule has 4 nitrogen and oxygen atoms in total. The molecule has 0 spiro atoms. The van der Waals surface area contributed by atoms with Crippen LogP contribution in [0, 0.1) is 19.7 Å². The third-order valence-electron chi connectivity index (χ3n) is 4.48. The van der Waals surface area contributed by atoms with Crippen LogP contribution in [0.4, 0.5) is 4.39 Å². The molecule has 1 N–H and O–H groups in total. The van der Waals surface area contributed by atoms with Gasteiger partial charge in [0.25, 0.3) is 0 Å². The second kappa shape index (κ2) is 7.12. The van der Waals surface area contributed by atoms with E-state index in [1.165, 1.54) is 18.2 Å². The van der Waals surface area contributed by atoms with Gasteiger partial charge in [0.15, 0.2) is 5.43 Å². The highest BCUT2D eigenvalue weighted by molar-refractivity contribution is 5.85. The largest absolute Gasteiger partial charge is 0.348 e. The molecule has 1 atom stereocenters. The van der Waals surface area contributed by atoms with Crippen molar-refractivity contribution in [3.05, 3.63) is 81.4 Å². The van der Waals surface area contributed by atoms with Crippen LogP contribution in [0.2, 0.25) is 0 Å². The van der Waals surface area contributed by atoms with E-state index >= 15 is 0 Å². The normalized spacial score (nSPS) is 12.2. The summed E-state index contributed by atoms with van der Waals surface area (Å²) < 4.78 is 14.8. The van der Waals surface area contributed by atoms with Crippen LogP contribution in [-0.4, -0.2) is 10.5 Å². The molecule has 0 aliphatic carbocycles. The molecule has 0 unspecified atom stereocenters. The molecule has 2 aromatic carbocycles. The zero-order valence-corrected chi connectivity index (χ0v) is 15.0. The molecule has 3 aromatic rings. The second-order valence-electron chi connectivity index (χ2n) is 6.62. The van der Waals surface area contributed by atoms with Crippen molar-refractivity contribution >= 4 is 16.8 Å². The molecule has 0 bridgehead atoms. The molecule has 0 fully saturated rings. The first-order valence-corrected chi connectivity index (χ1v) is 8.50. The average molecular weight is 352 g/mol.